The average Bonchev–Trinajstić information content (AvgIpc) is 3.11. The number of carbonyl (C=O) groups excluding carboxylic acids is 2. The molecule has 0 aliphatic carbocycles. The van der Waals surface area contributed by atoms with Crippen LogP contribution in [0.5, 0.6) is 0 Å². The number of rotatable bonds is 3. The fraction of sp³-hybridized carbons (Fsp3) is 0.556. The van der Waals surface area contributed by atoms with Gasteiger partial charge in [0.2, 0.25) is 11.8 Å². The van der Waals surface area contributed by atoms with Crippen LogP contribution < -0.4 is 5.32 Å². The number of amides is 2. The lowest BCUT2D eigenvalue weighted by Gasteiger charge is -2.36. The molecule has 1 atom stereocenters. The molecule has 3 rings (SSSR count). The van der Waals surface area contributed by atoms with E-state index in [0.29, 0.717) is 32.6 Å². The molecule has 2 aliphatic rings. The van der Waals surface area contributed by atoms with Crippen molar-refractivity contribution in [2.24, 2.45) is 5.92 Å². The Bertz CT molecular complexity index is 562. The maximum atomic E-state index is 12.4. The van der Waals surface area contributed by atoms with Crippen molar-refractivity contribution in [3.63, 3.8) is 0 Å². The summed E-state index contributed by atoms with van der Waals surface area (Å²) in [5.74, 6) is 0.536. The van der Waals surface area contributed by atoms with Crippen LogP contribution in [0.15, 0.2) is 24.3 Å². The highest BCUT2D eigenvalue weighted by Crippen LogP contribution is 2.14. The summed E-state index contributed by atoms with van der Waals surface area (Å²) in [5.41, 5.74) is 2.26. The highest BCUT2D eigenvalue weighted by Gasteiger charge is 2.30. The van der Waals surface area contributed by atoms with E-state index in [1.54, 1.807) is 0 Å². The van der Waals surface area contributed by atoms with Crippen molar-refractivity contribution in [1.82, 2.24) is 15.1 Å². The van der Waals surface area contributed by atoms with Gasteiger partial charge >= 0.3 is 0 Å². The molecule has 132 valence electrons. The van der Waals surface area contributed by atoms with E-state index < -0.39 is 0 Å². The lowest BCUT2D eigenvalue weighted by molar-refractivity contribution is -0.141. The summed E-state index contributed by atoms with van der Waals surface area (Å²) in [4.78, 5) is 28.6. The zero-order chi connectivity index (χ0) is 16.2. The van der Waals surface area contributed by atoms with Crippen LogP contribution >= 0.6 is 12.4 Å². The Morgan fingerprint density at radius 1 is 1.08 bits per heavy atom. The van der Waals surface area contributed by atoms with Gasteiger partial charge in [0.1, 0.15) is 0 Å². The highest BCUT2D eigenvalue weighted by atomic mass is 35.5. The second kappa shape index (κ2) is 8.49. The van der Waals surface area contributed by atoms with Crippen LogP contribution in [0.1, 0.15) is 17.5 Å². The molecule has 1 aromatic carbocycles. The third-order valence-corrected chi connectivity index (χ3v) is 4.83. The summed E-state index contributed by atoms with van der Waals surface area (Å²) >= 11 is 0. The second-order valence-corrected chi connectivity index (χ2v) is 6.56. The third kappa shape index (κ3) is 4.48. The summed E-state index contributed by atoms with van der Waals surface area (Å²) in [6.07, 6.45) is 1.38. The van der Waals surface area contributed by atoms with E-state index in [9.17, 15) is 9.59 Å². The zero-order valence-electron chi connectivity index (χ0n) is 14.2. The Balaban J connectivity index is 0.00000208. The quantitative estimate of drug-likeness (QED) is 0.891. The topological polar surface area (TPSA) is 52.7 Å². The average molecular weight is 352 g/mol. The number of hydrogen-bond acceptors (Lipinski definition) is 3. The third-order valence-electron chi connectivity index (χ3n) is 4.83. The number of hydrogen-bond donors (Lipinski definition) is 1. The Morgan fingerprint density at radius 3 is 2.29 bits per heavy atom. The molecular formula is C18H26ClN3O2. The molecular weight excluding hydrogens is 326 g/mol. The van der Waals surface area contributed by atoms with E-state index in [2.05, 4.69) is 5.32 Å². The number of benzene rings is 1. The molecule has 0 radical (unpaired) electrons. The number of nitrogens with one attached hydrogen (secondary N) is 1. The molecule has 1 aromatic rings. The van der Waals surface area contributed by atoms with Crippen LogP contribution in [0.25, 0.3) is 0 Å². The van der Waals surface area contributed by atoms with Gasteiger partial charge in [-0.2, -0.15) is 0 Å². The minimum Gasteiger partial charge on any atom is -0.339 e. The maximum Gasteiger partial charge on any atom is 0.227 e. The van der Waals surface area contributed by atoms with Crippen molar-refractivity contribution in [1.29, 1.82) is 0 Å². The predicted molar refractivity (Wildman–Crippen MR) is 96.3 cm³/mol. The van der Waals surface area contributed by atoms with E-state index in [0.717, 1.165) is 25.1 Å². The number of nitrogens with zero attached hydrogens (tertiary/aromatic N) is 2. The molecule has 2 amide bonds. The summed E-state index contributed by atoms with van der Waals surface area (Å²) in [7, 11) is 0. The highest BCUT2D eigenvalue weighted by molar-refractivity contribution is 5.85. The van der Waals surface area contributed by atoms with Gasteiger partial charge in [-0.1, -0.05) is 29.8 Å². The van der Waals surface area contributed by atoms with Gasteiger partial charge in [0, 0.05) is 32.7 Å². The first-order valence-electron chi connectivity index (χ1n) is 8.46. The molecule has 0 saturated carbocycles. The molecule has 2 heterocycles. The summed E-state index contributed by atoms with van der Waals surface area (Å²) in [6.45, 7) is 6.40. The van der Waals surface area contributed by atoms with Crippen molar-refractivity contribution in [2.45, 2.75) is 19.8 Å². The Hall–Kier alpha value is -1.59. The predicted octanol–water partition coefficient (Wildman–Crippen LogP) is 1.24. The van der Waals surface area contributed by atoms with Gasteiger partial charge in [0.15, 0.2) is 0 Å². The molecule has 0 bridgehead atoms. The lowest BCUT2D eigenvalue weighted by Crippen LogP contribution is -2.52. The molecule has 2 saturated heterocycles. The molecule has 24 heavy (non-hydrogen) atoms. The second-order valence-electron chi connectivity index (χ2n) is 6.56. The molecule has 0 spiro atoms. The normalized spacial score (nSPS) is 20.6. The first kappa shape index (κ1) is 18.7. The monoisotopic (exact) mass is 351 g/mol. The minimum absolute atomic E-state index is 0. The molecule has 0 aromatic heterocycles. The van der Waals surface area contributed by atoms with Crippen LogP contribution in [0, 0.1) is 12.8 Å². The van der Waals surface area contributed by atoms with Crippen molar-refractivity contribution >= 4 is 24.2 Å². The van der Waals surface area contributed by atoms with Crippen LogP contribution in [-0.2, 0) is 16.0 Å². The van der Waals surface area contributed by atoms with Crippen LogP contribution in [0.2, 0.25) is 0 Å². The molecule has 1 unspecified atom stereocenters. The van der Waals surface area contributed by atoms with Crippen molar-refractivity contribution < 1.29 is 9.59 Å². The molecule has 2 aliphatic heterocycles. The van der Waals surface area contributed by atoms with Crippen molar-refractivity contribution in [3.8, 4) is 0 Å². The Morgan fingerprint density at radius 2 is 1.71 bits per heavy atom. The SMILES string of the molecule is Cc1ccc(CC(=O)N2CCN(C(=O)C3CCNC3)CC2)cc1.Cl. The van der Waals surface area contributed by atoms with Crippen molar-refractivity contribution in [2.75, 3.05) is 39.3 Å². The summed E-state index contributed by atoms with van der Waals surface area (Å²) < 4.78 is 0. The summed E-state index contributed by atoms with van der Waals surface area (Å²) in [6, 6.07) is 8.10. The lowest BCUT2D eigenvalue weighted by atomic mass is 10.1. The molecule has 1 N–H and O–H groups in total. The zero-order valence-corrected chi connectivity index (χ0v) is 15.0. The largest absolute Gasteiger partial charge is 0.339 e. The number of carbonyl (C=O) groups is 2. The number of aryl methyl sites for hydroxylation is 1. The fourth-order valence-corrected chi connectivity index (χ4v) is 3.29. The van der Waals surface area contributed by atoms with Gasteiger partial charge in [-0.05, 0) is 25.5 Å². The Kier molecular flexibility index (Phi) is 6.63. The van der Waals surface area contributed by atoms with Gasteiger partial charge in [0.05, 0.1) is 12.3 Å². The molecule has 5 nitrogen and oxygen atoms in total. The standard InChI is InChI=1S/C18H25N3O2.ClH/c1-14-2-4-15(5-3-14)12-17(22)20-8-10-21(11-9-20)18(23)16-6-7-19-13-16;/h2-5,16,19H,6-13H2,1H3;1H. The van der Waals surface area contributed by atoms with Gasteiger partial charge in [0.25, 0.3) is 0 Å². The summed E-state index contributed by atoms with van der Waals surface area (Å²) in [5, 5.41) is 3.24. The van der Waals surface area contributed by atoms with Crippen LogP contribution in [-0.4, -0.2) is 60.9 Å². The van der Waals surface area contributed by atoms with Gasteiger partial charge in [-0.3, -0.25) is 9.59 Å². The van der Waals surface area contributed by atoms with E-state index in [4.69, 9.17) is 0 Å². The Labute approximate surface area is 149 Å². The smallest absolute Gasteiger partial charge is 0.227 e. The van der Waals surface area contributed by atoms with E-state index in [-0.39, 0.29) is 30.1 Å². The van der Waals surface area contributed by atoms with Gasteiger partial charge < -0.3 is 15.1 Å². The number of halogens is 1. The number of piperazine rings is 1. The molecule has 2 fully saturated rings. The van der Waals surface area contributed by atoms with E-state index >= 15 is 0 Å². The van der Waals surface area contributed by atoms with Crippen molar-refractivity contribution in [3.05, 3.63) is 35.4 Å². The first-order chi connectivity index (χ1) is 11.1. The molecule has 6 heteroatoms. The van der Waals surface area contributed by atoms with Gasteiger partial charge in [-0.25, -0.2) is 0 Å². The minimum atomic E-state index is 0. The fourth-order valence-electron chi connectivity index (χ4n) is 3.29. The van der Waals surface area contributed by atoms with Crippen LogP contribution in [0.4, 0.5) is 0 Å². The van der Waals surface area contributed by atoms with Gasteiger partial charge in [-0.15, -0.1) is 12.4 Å². The van der Waals surface area contributed by atoms with Crippen LogP contribution in [0.3, 0.4) is 0 Å². The maximum absolute atomic E-state index is 12.4. The van der Waals surface area contributed by atoms with E-state index in [1.807, 2.05) is 41.0 Å². The first-order valence-corrected chi connectivity index (χ1v) is 8.46. The van der Waals surface area contributed by atoms with E-state index in [1.165, 1.54) is 5.56 Å².